The minimum atomic E-state index is -2.94. The molecular weight excluding hydrogens is 425 g/mol. The Morgan fingerprint density at radius 1 is 1.48 bits per heavy atom. The standard InChI is InChI=1S/C13H11F2IN4O3/c14-13(15)23-8-3-2-7(6-17-8)9-10(11(21)18-16)19-20-4-1-5-22-12(9)20/h2-3,6,13H,1,4-5H2,(H,18,21). The van der Waals surface area contributed by atoms with Gasteiger partial charge < -0.3 is 9.47 Å². The zero-order chi connectivity index (χ0) is 16.4. The summed E-state index contributed by atoms with van der Waals surface area (Å²) in [4.78, 5) is 15.9. The van der Waals surface area contributed by atoms with Crippen molar-refractivity contribution < 1.29 is 23.0 Å². The Morgan fingerprint density at radius 3 is 2.96 bits per heavy atom. The summed E-state index contributed by atoms with van der Waals surface area (Å²) in [5.74, 6) is -0.111. The summed E-state index contributed by atoms with van der Waals surface area (Å²) >= 11 is 1.72. The van der Waals surface area contributed by atoms with Crippen LogP contribution in [0.1, 0.15) is 16.9 Å². The molecule has 2 aromatic rings. The zero-order valence-electron chi connectivity index (χ0n) is 11.6. The van der Waals surface area contributed by atoms with Gasteiger partial charge in [-0.1, -0.05) is 0 Å². The molecule has 2 aromatic heterocycles. The Labute approximate surface area is 143 Å². The van der Waals surface area contributed by atoms with Crippen molar-refractivity contribution in [3.63, 3.8) is 0 Å². The fraction of sp³-hybridized carbons (Fsp3) is 0.308. The normalized spacial score (nSPS) is 13.4. The predicted molar refractivity (Wildman–Crippen MR) is 83.7 cm³/mol. The number of alkyl halides is 2. The summed E-state index contributed by atoms with van der Waals surface area (Å²) in [6, 6.07) is 2.84. The lowest BCUT2D eigenvalue weighted by Gasteiger charge is -2.16. The molecule has 0 atom stereocenters. The minimum absolute atomic E-state index is 0.195. The Morgan fingerprint density at radius 2 is 2.30 bits per heavy atom. The average Bonchev–Trinajstić information content (AvgIpc) is 2.94. The van der Waals surface area contributed by atoms with Gasteiger partial charge in [0.25, 0.3) is 5.91 Å². The smallest absolute Gasteiger partial charge is 0.388 e. The molecule has 1 amide bonds. The highest BCUT2D eigenvalue weighted by atomic mass is 127. The number of pyridine rings is 1. The number of rotatable bonds is 4. The molecule has 23 heavy (non-hydrogen) atoms. The topological polar surface area (TPSA) is 78.3 Å². The van der Waals surface area contributed by atoms with E-state index in [0.29, 0.717) is 30.2 Å². The SMILES string of the molecule is O=C(NI)c1nn2c(c1-c1ccc(OC(F)F)nc1)OCCC2. The lowest BCUT2D eigenvalue weighted by atomic mass is 10.1. The maximum Gasteiger partial charge on any atom is 0.388 e. The number of hydrogen-bond donors (Lipinski definition) is 1. The summed E-state index contributed by atoms with van der Waals surface area (Å²) < 4.78 is 38.3. The number of ether oxygens (including phenoxy) is 2. The number of aryl methyl sites for hydroxylation is 1. The van der Waals surface area contributed by atoms with Crippen molar-refractivity contribution in [2.45, 2.75) is 19.6 Å². The first kappa shape index (κ1) is 15.9. The fourth-order valence-corrected chi connectivity index (χ4v) is 2.54. The summed E-state index contributed by atoms with van der Waals surface area (Å²) in [5, 5.41) is 4.26. The summed E-state index contributed by atoms with van der Waals surface area (Å²) in [6.45, 7) is -1.79. The third-order valence-corrected chi connectivity index (χ3v) is 3.68. The van der Waals surface area contributed by atoms with Crippen molar-refractivity contribution in [2.75, 3.05) is 6.61 Å². The number of amides is 1. The van der Waals surface area contributed by atoms with Crippen molar-refractivity contribution in [1.29, 1.82) is 0 Å². The highest BCUT2D eigenvalue weighted by Crippen LogP contribution is 2.35. The van der Waals surface area contributed by atoms with Gasteiger partial charge in [-0.2, -0.15) is 13.9 Å². The molecular formula is C13H11F2IN4O3. The van der Waals surface area contributed by atoms with E-state index in [1.165, 1.54) is 18.3 Å². The van der Waals surface area contributed by atoms with Gasteiger partial charge in [-0.25, -0.2) is 9.67 Å². The van der Waals surface area contributed by atoms with Crippen molar-refractivity contribution in [2.24, 2.45) is 0 Å². The number of hydrogen-bond acceptors (Lipinski definition) is 5. The van der Waals surface area contributed by atoms with Crippen LogP contribution in [0.3, 0.4) is 0 Å². The van der Waals surface area contributed by atoms with Crippen LogP contribution >= 0.6 is 22.9 Å². The molecule has 0 aromatic carbocycles. The van der Waals surface area contributed by atoms with Gasteiger partial charge in [0.15, 0.2) is 5.69 Å². The number of nitrogens with one attached hydrogen (secondary N) is 1. The fourth-order valence-electron chi connectivity index (χ4n) is 2.28. The molecule has 3 heterocycles. The van der Waals surface area contributed by atoms with E-state index in [9.17, 15) is 13.6 Å². The molecule has 0 unspecified atom stereocenters. The van der Waals surface area contributed by atoms with Crippen LogP contribution in [-0.4, -0.2) is 33.9 Å². The van der Waals surface area contributed by atoms with E-state index < -0.39 is 6.61 Å². The van der Waals surface area contributed by atoms with E-state index >= 15 is 0 Å². The molecule has 3 rings (SSSR count). The van der Waals surface area contributed by atoms with E-state index in [-0.39, 0.29) is 17.5 Å². The maximum absolute atomic E-state index is 12.2. The van der Waals surface area contributed by atoms with Crippen LogP contribution in [0.4, 0.5) is 8.78 Å². The van der Waals surface area contributed by atoms with Crippen LogP contribution < -0.4 is 13.0 Å². The van der Waals surface area contributed by atoms with E-state index in [1.54, 1.807) is 27.5 Å². The number of halogens is 3. The lowest BCUT2D eigenvalue weighted by molar-refractivity contribution is -0.0528. The Kier molecular flexibility index (Phi) is 4.59. The van der Waals surface area contributed by atoms with Crippen LogP contribution in [0.15, 0.2) is 18.3 Å². The number of carbonyl (C=O) groups excluding carboxylic acids is 1. The quantitative estimate of drug-likeness (QED) is 0.589. The maximum atomic E-state index is 12.2. The van der Waals surface area contributed by atoms with Crippen LogP contribution in [0.2, 0.25) is 0 Å². The first-order chi connectivity index (χ1) is 11.1. The third-order valence-electron chi connectivity index (χ3n) is 3.19. The van der Waals surface area contributed by atoms with Crippen molar-refractivity contribution in [1.82, 2.24) is 18.3 Å². The molecule has 0 aliphatic carbocycles. The molecule has 1 N–H and O–H groups in total. The van der Waals surface area contributed by atoms with E-state index in [4.69, 9.17) is 4.74 Å². The Balaban J connectivity index is 2.03. The second kappa shape index (κ2) is 6.64. The highest BCUT2D eigenvalue weighted by Gasteiger charge is 2.27. The predicted octanol–water partition coefficient (Wildman–Crippen LogP) is 2.41. The van der Waals surface area contributed by atoms with Crippen molar-refractivity contribution in [3.05, 3.63) is 24.0 Å². The second-order valence-electron chi connectivity index (χ2n) is 4.64. The van der Waals surface area contributed by atoms with Gasteiger partial charge >= 0.3 is 6.61 Å². The van der Waals surface area contributed by atoms with E-state index in [2.05, 4.69) is 18.3 Å². The molecule has 0 fully saturated rings. The van der Waals surface area contributed by atoms with Crippen molar-refractivity contribution >= 4 is 28.8 Å². The van der Waals surface area contributed by atoms with Gasteiger partial charge in [0, 0.05) is 30.8 Å². The molecule has 0 saturated carbocycles. The average molecular weight is 436 g/mol. The van der Waals surface area contributed by atoms with Gasteiger partial charge in [0.05, 0.1) is 35.0 Å². The number of nitrogens with zero attached hydrogens (tertiary/aromatic N) is 3. The minimum Gasteiger partial charge on any atom is -0.477 e. The highest BCUT2D eigenvalue weighted by molar-refractivity contribution is 14.1. The molecule has 10 heteroatoms. The molecule has 7 nitrogen and oxygen atoms in total. The summed E-state index contributed by atoms with van der Waals surface area (Å²) in [7, 11) is 0. The lowest BCUT2D eigenvalue weighted by Crippen LogP contribution is -2.16. The van der Waals surface area contributed by atoms with Crippen molar-refractivity contribution in [3.8, 4) is 22.9 Å². The number of aromatic nitrogens is 3. The molecule has 1 aliphatic rings. The first-order valence-electron chi connectivity index (χ1n) is 6.66. The first-order valence-corrected chi connectivity index (χ1v) is 7.74. The molecule has 122 valence electrons. The summed E-state index contributed by atoms with van der Waals surface area (Å²) in [5.41, 5.74) is 1.21. The van der Waals surface area contributed by atoms with Gasteiger partial charge in [-0.15, -0.1) is 0 Å². The molecule has 0 radical (unpaired) electrons. The van der Waals surface area contributed by atoms with Gasteiger partial charge in [-0.05, 0) is 6.07 Å². The molecule has 0 saturated heterocycles. The van der Waals surface area contributed by atoms with E-state index in [0.717, 1.165) is 6.42 Å². The Hall–Kier alpha value is -1.98. The van der Waals surface area contributed by atoms with Gasteiger partial charge in [-0.3, -0.25) is 8.32 Å². The largest absolute Gasteiger partial charge is 0.477 e. The Bertz CT molecular complexity index is 721. The number of carbonyl (C=O) groups is 1. The van der Waals surface area contributed by atoms with Crippen LogP contribution in [-0.2, 0) is 6.54 Å². The molecule has 1 aliphatic heterocycles. The van der Waals surface area contributed by atoms with E-state index in [1.807, 2.05) is 0 Å². The second-order valence-corrected chi connectivity index (χ2v) is 5.18. The van der Waals surface area contributed by atoms with Gasteiger partial charge in [0.1, 0.15) is 0 Å². The molecule has 0 spiro atoms. The summed E-state index contributed by atoms with van der Waals surface area (Å²) in [6.07, 6.45) is 2.14. The third kappa shape index (κ3) is 3.21. The van der Waals surface area contributed by atoms with Gasteiger partial charge in [0.2, 0.25) is 11.8 Å². The molecule has 0 bridgehead atoms. The van der Waals surface area contributed by atoms with Crippen LogP contribution in [0, 0.1) is 0 Å². The van der Waals surface area contributed by atoms with Crippen LogP contribution in [0.5, 0.6) is 11.8 Å². The zero-order valence-corrected chi connectivity index (χ0v) is 13.8. The number of fused-ring (bicyclic) bond motifs is 1. The van der Waals surface area contributed by atoms with Crippen LogP contribution in [0.25, 0.3) is 11.1 Å². The monoisotopic (exact) mass is 436 g/mol.